The van der Waals surface area contributed by atoms with Gasteiger partial charge in [0.25, 0.3) is 5.91 Å². The lowest BCUT2D eigenvalue weighted by Gasteiger charge is -2.14. The summed E-state index contributed by atoms with van der Waals surface area (Å²) in [5.41, 5.74) is 13.3. The Kier molecular flexibility index (Phi) is 6.33. The number of aromatic nitrogens is 4. The van der Waals surface area contributed by atoms with Gasteiger partial charge in [0.2, 0.25) is 5.91 Å². The van der Waals surface area contributed by atoms with Crippen molar-refractivity contribution < 1.29 is 14.1 Å². The SMILES string of the molecule is CC(C)n1nc(-c2ccc(CC(=O)Nc3cc(CC(C)(C)C)on3)nc2)c(C(N)=O)c1N. The van der Waals surface area contributed by atoms with E-state index >= 15 is 0 Å². The third-order valence-corrected chi connectivity index (χ3v) is 4.65. The number of nitrogens with one attached hydrogen (secondary N) is 1. The number of nitrogen functional groups attached to an aromatic ring is 1. The maximum atomic E-state index is 12.4. The van der Waals surface area contributed by atoms with E-state index in [0.717, 1.165) is 0 Å². The first-order valence-corrected chi connectivity index (χ1v) is 10.3. The Morgan fingerprint density at radius 2 is 1.97 bits per heavy atom. The minimum Gasteiger partial charge on any atom is -0.383 e. The number of amides is 2. The monoisotopic (exact) mass is 439 g/mol. The van der Waals surface area contributed by atoms with Crippen LogP contribution >= 0.6 is 0 Å². The lowest BCUT2D eigenvalue weighted by Crippen LogP contribution is -2.15. The van der Waals surface area contributed by atoms with Crippen LogP contribution in [-0.4, -0.2) is 31.7 Å². The highest BCUT2D eigenvalue weighted by molar-refractivity contribution is 6.03. The molecule has 10 nitrogen and oxygen atoms in total. The quantitative estimate of drug-likeness (QED) is 0.511. The molecule has 0 saturated heterocycles. The minimum absolute atomic E-state index is 0.0433. The van der Waals surface area contributed by atoms with E-state index in [-0.39, 0.29) is 35.2 Å². The van der Waals surface area contributed by atoms with Crippen molar-refractivity contribution in [3.8, 4) is 11.3 Å². The molecule has 32 heavy (non-hydrogen) atoms. The molecule has 10 heteroatoms. The van der Waals surface area contributed by atoms with E-state index in [1.807, 2.05) is 13.8 Å². The van der Waals surface area contributed by atoms with E-state index in [1.54, 1.807) is 29.1 Å². The number of hydrogen-bond acceptors (Lipinski definition) is 7. The first-order chi connectivity index (χ1) is 14.9. The molecule has 0 aliphatic rings. The predicted octanol–water partition coefficient (Wildman–Crippen LogP) is 2.96. The van der Waals surface area contributed by atoms with Crippen molar-refractivity contribution in [1.82, 2.24) is 19.9 Å². The molecule has 3 aromatic heterocycles. The fourth-order valence-electron chi connectivity index (χ4n) is 3.28. The molecular formula is C22H29N7O3. The van der Waals surface area contributed by atoms with E-state index < -0.39 is 5.91 Å². The Hall–Kier alpha value is -3.69. The summed E-state index contributed by atoms with van der Waals surface area (Å²) in [6, 6.07) is 5.10. The van der Waals surface area contributed by atoms with Crippen molar-refractivity contribution in [2.24, 2.45) is 11.1 Å². The Balaban J connectivity index is 1.71. The van der Waals surface area contributed by atoms with Crippen LogP contribution in [0.3, 0.4) is 0 Å². The van der Waals surface area contributed by atoms with E-state index in [1.165, 1.54) is 0 Å². The molecule has 0 bridgehead atoms. The highest BCUT2D eigenvalue weighted by atomic mass is 16.5. The van der Waals surface area contributed by atoms with Crippen molar-refractivity contribution in [3.05, 3.63) is 41.4 Å². The van der Waals surface area contributed by atoms with Crippen LogP contribution in [0.25, 0.3) is 11.3 Å². The second kappa shape index (κ2) is 8.81. The van der Waals surface area contributed by atoms with E-state index in [9.17, 15) is 9.59 Å². The van der Waals surface area contributed by atoms with Gasteiger partial charge in [0.15, 0.2) is 5.82 Å². The molecular weight excluding hydrogens is 410 g/mol. The van der Waals surface area contributed by atoms with Crippen molar-refractivity contribution in [1.29, 1.82) is 0 Å². The van der Waals surface area contributed by atoms with E-state index in [2.05, 4.69) is 41.3 Å². The van der Waals surface area contributed by atoms with Crippen LogP contribution in [-0.2, 0) is 17.6 Å². The van der Waals surface area contributed by atoms with Gasteiger partial charge in [-0.2, -0.15) is 5.10 Å². The average molecular weight is 440 g/mol. The van der Waals surface area contributed by atoms with Crippen LogP contribution in [0, 0.1) is 5.41 Å². The van der Waals surface area contributed by atoms with Crippen LogP contribution in [0.5, 0.6) is 0 Å². The summed E-state index contributed by atoms with van der Waals surface area (Å²) in [5, 5.41) is 11.0. The van der Waals surface area contributed by atoms with E-state index in [0.29, 0.717) is 35.0 Å². The standard InChI is InChI=1S/C22H29N7O3/c1-12(2)29-20(23)18(21(24)31)19(27-29)13-6-7-14(25-11-13)8-17(30)26-16-9-15(32-28-16)10-22(3,4)5/h6-7,9,11-12H,8,10,23H2,1-5H3,(H2,24,31)(H,26,28,30). The van der Waals surface area contributed by atoms with E-state index in [4.69, 9.17) is 16.0 Å². The molecule has 170 valence electrons. The van der Waals surface area contributed by atoms with Crippen molar-refractivity contribution >= 4 is 23.5 Å². The van der Waals surface area contributed by atoms with Gasteiger partial charge in [-0.15, -0.1) is 0 Å². The molecule has 0 unspecified atom stereocenters. The van der Waals surface area contributed by atoms with Gasteiger partial charge in [-0.05, 0) is 31.4 Å². The number of anilines is 2. The highest BCUT2D eigenvalue weighted by Crippen LogP contribution is 2.28. The Morgan fingerprint density at radius 1 is 1.25 bits per heavy atom. The highest BCUT2D eigenvalue weighted by Gasteiger charge is 2.23. The fraction of sp³-hybridized carbons (Fsp3) is 0.409. The second-order valence-corrected chi connectivity index (χ2v) is 9.19. The molecule has 3 heterocycles. The summed E-state index contributed by atoms with van der Waals surface area (Å²) in [6.07, 6.45) is 2.30. The van der Waals surface area contributed by atoms with Crippen molar-refractivity contribution in [2.45, 2.75) is 53.5 Å². The zero-order valence-electron chi connectivity index (χ0n) is 19.0. The molecule has 0 atom stereocenters. The van der Waals surface area contributed by atoms with Gasteiger partial charge in [-0.3, -0.25) is 14.6 Å². The summed E-state index contributed by atoms with van der Waals surface area (Å²) < 4.78 is 6.82. The number of primary amides is 1. The maximum absolute atomic E-state index is 12.4. The normalized spacial score (nSPS) is 11.7. The molecule has 2 amide bonds. The zero-order valence-corrected chi connectivity index (χ0v) is 19.0. The molecule has 5 N–H and O–H groups in total. The van der Waals surface area contributed by atoms with Gasteiger partial charge < -0.3 is 21.3 Å². The zero-order chi connectivity index (χ0) is 23.6. The first kappa shape index (κ1) is 23.0. The van der Waals surface area contributed by atoms with Crippen LogP contribution < -0.4 is 16.8 Å². The lowest BCUT2D eigenvalue weighted by atomic mass is 9.91. The number of nitrogens with zero attached hydrogens (tertiary/aromatic N) is 4. The summed E-state index contributed by atoms with van der Waals surface area (Å²) in [7, 11) is 0. The molecule has 0 radical (unpaired) electrons. The lowest BCUT2D eigenvalue weighted by molar-refractivity contribution is -0.115. The smallest absolute Gasteiger partial charge is 0.254 e. The number of pyridine rings is 1. The maximum Gasteiger partial charge on any atom is 0.254 e. The topological polar surface area (TPSA) is 155 Å². The largest absolute Gasteiger partial charge is 0.383 e. The number of nitrogens with two attached hydrogens (primary N) is 2. The molecule has 0 aliphatic carbocycles. The van der Waals surface area contributed by atoms with Crippen molar-refractivity contribution in [2.75, 3.05) is 11.1 Å². The average Bonchev–Trinajstić information content (AvgIpc) is 3.24. The summed E-state index contributed by atoms with van der Waals surface area (Å²) in [4.78, 5) is 28.6. The predicted molar refractivity (Wildman–Crippen MR) is 121 cm³/mol. The third kappa shape index (κ3) is 5.32. The summed E-state index contributed by atoms with van der Waals surface area (Å²) >= 11 is 0. The van der Waals surface area contributed by atoms with Gasteiger partial charge in [0.1, 0.15) is 22.8 Å². The number of rotatable bonds is 7. The molecule has 0 spiro atoms. The van der Waals surface area contributed by atoms with Crippen LogP contribution in [0.15, 0.2) is 28.9 Å². The van der Waals surface area contributed by atoms with Gasteiger partial charge >= 0.3 is 0 Å². The molecule has 0 aromatic carbocycles. The number of carbonyl (C=O) groups excluding carboxylic acids is 2. The second-order valence-electron chi connectivity index (χ2n) is 9.19. The van der Waals surface area contributed by atoms with Gasteiger partial charge in [0.05, 0.1) is 6.42 Å². The van der Waals surface area contributed by atoms with Gasteiger partial charge in [-0.25, -0.2) is 4.68 Å². The van der Waals surface area contributed by atoms with Crippen LogP contribution in [0.2, 0.25) is 0 Å². The molecule has 0 saturated carbocycles. The van der Waals surface area contributed by atoms with Crippen molar-refractivity contribution in [3.63, 3.8) is 0 Å². The van der Waals surface area contributed by atoms with Crippen LogP contribution in [0.4, 0.5) is 11.6 Å². The fourth-order valence-corrected chi connectivity index (χ4v) is 3.28. The summed E-state index contributed by atoms with van der Waals surface area (Å²) in [5.74, 6) is 0.356. The molecule has 0 fully saturated rings. The van der Waals surface area contributed by atoms with Gasteiger partial charge in [-0.1, -0.05) is 25.9 Å². The summed E-state index contributed by atoms with van der Waals surface area (Å²) in [6.45, 7) is 10.1. The number of carbonyl (C=O) groups is 2. The Labute approximate surface area is 186 Å². The first-order valence-electron chi connectivity index (χ1n) is 10.3. The van der Waals surface area contributed by atoms with Crippen LogP contribution in [0.1, 0.15) is 62.5 Å². The van der Waals surface area contributed by atoms with Gasteiger partial charge in [0, 0.05) is 36.0 Å². The molecule has 3 rings (SSSR count). The molecule has 0 aliphatic heterocycles. The number of hydrogen-bond donors (Lipinski definition) is 3. The Bertz CT molecular complexity index is 1120. The Morgan fingerprint density at radius 3 is 2.53 bits per heavy atom. The minimum atomic E-state index is -0.661. The molecule has 3 aromatic rings. The third-order valence-electron chi connectivity index (χ3n) is 4.65.